The fourth-order valence-electron chi connectivity index (χ4n) is 1.45. The number of carbonyl (C=O) groups is 1. The van der Waals surface area contributed by atoms with Crippen LogP contribution in [-0.4, -0.2) is 39.1 Å². The Bertz CT molecular complexity index is 594. The molecule has 0 aliphatic carbocycles. The van der Waals surface area contributed by atoms with E-state index >= 15 is 0 Å². The van der Waals surface area contributed by atoms with Gasteiger partial charge in [-0.2, -0.15) is 0 Å². The molecule has 10 heteroatoms. The normalized spacial score (nSPS) is 11.1. The van der Waals surface area contributed by atoms with E-state index in [2.05, 4.69) is 36.3 Å². The second-order valence-corrected chi connectivity index (χ2v) is 6.77. The van der Waals surface area contributed by atoms with Gasteiger partial charge in [0.15, 0.2) is 0 Å². The number of sulfonamides is 1. The first-order valence-corrected chi connectivity index (χ1v) is 8.57. The van der Waals surface area contributed by atoms with Gasteiger partial charge in [0.1, 0.15) is 10.7 Å². The molecule has 1 heterocycles. The summed E-state index contributed by atoms with van der Waals surface area (Å²) in [5.74, 6) is 0.287. The van der Waals surface area contributed by atoms with E-state index in [0.29, 0.717) is 11.0 Å². The van der Waals surface area contributed by atoms with Crippen molar-refractivity contribution >= 4 is 37.8 Å². The monoisotopic (exact) mass is 379 g/mol. The summed E-state index contributed by atoms with van der Waals surface area (Å²) in [5, 5.41) is 5.27. The van der Waals surface area contributed by atoms with E-state index in [0.717, 1.165) is 6.42 Å². The van der Waals surface area contributed by atoms with Gasteiger partial charge in [-0.15, -0.1) is 0 Å². The zero-order valence-corrected chi connectivity index (χ0v) is 13.9. The molecule has 1 aromatic heterocycles. The number of nitrogens with one attached hydrogen (secondary N) is 3. The predicted molar refractivity (Wildman–Crippen MR) is 83.5 cm³/mol. The summed E-state index contributed by atoms with van der Waals surface area (Å²) in [5.41, 5.74) is 4.90. The van der Waals surface area contributed by atoms with Crippen LogP contribution in [0.1, 0.15) is 13.3 Å². The number of anilines is 1. The van der Waals surface area contributed by atoms with Crippen LogP contribution in [0.2, 0.25) is 0 Å². The average Bonchev–Trinajstić information content (AvgIpc) is 2.42. The zero-order chi connectivity index (χ0) is 15.9. The number of nitrogens with zero attached hydrogens (tertiary/aromatic N) is 1. The lowest BCUT2D eigenvalue weighted by Crippen LogP contribution is -2.37. The van der Waals surface area contributed by atoms with Crippen molar-refractivity contribution in [2.45, 2.75) is 18.2 Å². The standard InChI is InChI=1S/C11H18BrN5O3S/c1-2-3-14-10-9(6-8(12)7-16-10)21(19,20)17-5-4-15-11(13)18/h6-7,17H,2-5H2,1H3,(H,14,16)(H3,13,15,18). The molecular formula is C11H18BrN5O3S. The Hall–Kier alpha value is -1.39. The fourth-order valence-corrected chi connectivity index (χ4v) is 3.12. The molecule has 0 atom stereocenters. The van der Waals surface area contributed by atoms with Crippen LogP contribution in [0.25, 0.3) is 0 Å². The van der Waals surface area contributed by atoms with Crippen molar-refractivity contribution in [3.63, 3.8) is 0 Å². The fraction of sp³-hybridized carbons (Fsp3) is 0.455. The number of hydrogen-bond acceptors (Lipinski definition) is 5. The Morgan fingerprint density at radius 2 is 2.10 bits per heavy atom. The summed E-state index contributed by atoms with van der Waals surface area (Å²) in [6.45, 7) is 2.72. The highest BCUT2D eigenvalue weighted by molar-refractivity contribution is 9.10. The van der Waals surface area contributed by atoms with Crippen LogP contribution in [0.5, 0.6) is 0 Å². The van der Waals surface area contributed by atoms with Crippen molar-refractivity contribution in [2.24, 2.45) is 5.73 Å². The molecule has 8 nitrogen and oxygen atoms in total. The molecule has 1 aromatic rings. The molecule has 0 aliphatic heterocycles. The Morgan fingerprint density at radius 1 is 1.38 bits per heavy atom. The molecule has 0 spiro atoms. The molecule has 2 amide bonds. The van der Waals surface area contributed by atoms with Crippen LogP contribution in [0.3, 0.4) is 0 Å². The maximum Gasteiger partial charge on any atom is 0.312 e. The Kier molecular flexibility index (Phi) is 6.85. The maximum atomic E-state index is 12.3. The van der Waals surface area contributed by atoms with Crippen LogP contribution in [-0.2, 0) is 10.0 Å². The summed E-state index contributed by atoms with van der Waals surface area (Å²) < 4.78 is 27.4. The first kappa shape index (κ1) is 17.7. The lowest BCUT2D eigenvalue weighted by atomic mass is 10.4. The molecular weight excluding hydrogens is 362 g/mol. The van der Waals surface area contributed by atoms with Gasteiger partial charge in [0.2, 0.25) is 10.0 Å². The van der Waals surface area contributed by atoms with Crippen molar-refractivity contribution in [3.8, 4) is 0 Å². The van der Waals surface area contributed by atoms with Crippen LogP contribution in [0.4, 0.5) is 10.6 Å². The molecule has 0 bridgehead atoms. The molecule has 118 valence electrons. The third kappa shape index (κ3) is 5.86. The predicted octanol–water partition coefficient (Wildman–Crippen LogP) is 0.613. The molecule has 5 N–H and O–H groups in total. The number of primary amides is 1. The van der Waals surface area contributed by atoms with Gasteiger partial charge >= 0.3 is 6.03 Å². The molecule has 21 heavy (non-hydrogen) atoms. The van der Waals surface area contributed by atoms with Crippen molar-refractivity contribution in [1.29, 1.82) is 0 Å². The number of pyridine rings is 1. The van der Waals surface area contributed by atoms with Gasteiger partial charge in [0.05, 0.1) is 0 Å². The summed E-state index contributed by atoms with van der Waals surface area (Å²) in [4.78, 5) is 14.6. The smallest absolute Gasteiger partial charge is 0.312 e. The first-order chi connectivity index (χ1) is 9.86. The number of hydrogen-bond donors (Lipinski definition) is 4. The van der Waals surface area contributed by atoms with E-state index in [1.807, 2.05) is 6.92 Å². The molecule has 0 saturated heterocycles. The molecule has 1 rings (SSSR count). The van der Waals surface area contributed by atoms with Crippen LogP contribution in [0.15, 0.2) is 21.6 Å². The molecule has 0 saturated carbocycles. The molecule has 0 fully saturated rings. The minimum absolute atomic E-state index is 0.0327. The maximum absolute atomic E-state index is 12.3. The Morgan fingerprint density at radius 3 is 2.71 bits per heavy atom. The van der Waals surface area contributed by atoms with E-state index in [1.165, 1.54) is 12.3 Å². The first-order valence-electron chi connectivity index (χ1n) is 6.29. The number of aromatic nitrogens is 1. The number of nitrogens with two attached hydrogens (primary N) is 1. The van der Waals surface area contributed by atoms with Crippen molar-refractivity contribution in [1.82, 2.24) is 15.0 Å². The average molecular weight is 380 g/mol. The molecule has 0 unspecified atom stereocenters. The number of carbonyl (C=O) groups excluding carboxylic acids is 1. The minimum atomic E-state index is -3.74. The third-order valence-electron chi connectivity index (χ3n) is 2.37. The lowest BCUT2D eigenvalue weighted by molar-refractivity contribution is 0.249. The highest BCUT2D eigenvalue weighted by atomic mass is 79.9. The van der Waals surface area contributed by atoms with E-state index < -0.39 is 16.1 Å². The van der Waals surface area contributed by atoms with Gasteiger partial charge < -0.3 is 16.4 Å². The number of halogens is 1. The van der Waals surface area contributed by atoms with E-state index in [9.17, 15) is 13.2 Å². The van der Waals surface area contributed by atoms with E-state index in [4.69, 9.17) is 5.73 Å². The molecule has 0 radical (unpaired) electrons. The van der Waals surface area contributed by atoms with Crippen molar-refractivity contribution in [2.75, 3.05) is 25.0 Å². The van der Waals surface area contributed by atoms with Gasteiger partial charge in [-0.05, 0) is 28.4 Å². The summed E-state index contributed by atoms with van der Waals surface area (Å²) in [7, 11) is -3.74. The lowest BCUT2D eigenvalue weighted by Gasteiger charge is -2.12. The summed E-state index contributed by atoms with van der Waals surface area (Å²) in [6.07, 6.45) is 2.36. The molecule has 0 aromatic carbocycles. The van der Waals surface area contributed by atoms with Gasteiger partial charge in [-0.25, -0.2) is 22.9 Å². The zero-order valence-electron chi connectivity index (χ0n) is 11.5. The van der Waals surface area contributed by atoms with Crippen LogP contribution in [0, 0.1) is 0 Å². The van der Waals surface area contributed by atoms with Crippen molar-refractivity contribution < 1.29 is 13.2 Å². The Labute approximate surface area is 132 Å². The van der Waals surface area contributed by atoms with Gasteiger partial charge in [0, 0.05) is 30.3 Å². The summed E-state index contributed by atoms with van der Waals surface area (Å²) >= 11 is 3.20. The van der Waals surface area contributed by atoms with E-state index in [1.54, 1.807) is 0 Å². The number of amides is 2. The Balaban J connectivity index is 2.85. The van der Waals surface area contributed by atoms with E-state index in [-0.39, 0.29) is 23.8 Å². The quantitative estimate of drug-likeness (QED) is 0.492. The minimum Gasteiger partial charge on any atom is -0.369 e. The second-order valence-electron chi connectivity index (χ2n) is 4.12. The van der Waals surface area contributed by atoms with Crippen molar-refractivity contribution in [3.05, 3.63) is 16.7 Å². The highest BCUT2D eigenvalue weighted by Crippen LogP contribution is 2.22. The largest absolute Gasteiger partial charge is 0.369 e. The second kappa shape index (κ2) is 8.15. The third-order valence-corrected chi connectivity index (χ3v) is 4.28. The number of rotatable bonds is 8. The molecule has 0 aliphatic rings. The van der Waals surface area contributed by atoms with Gasteiger partial charge in [0.25, 0.3) is 0 Å². The van der Waals surface area contributed by atoms with Crippen LogP contribution >= 0.6 is 15.9 Å². The highest BCUT2D eigenvalue weighted by Gasteiger charge is 2.19. The topological polar surface area (TPSA) is 126 Å². The van der Waals surface area contributed by atoms with Gasteiger partial charge in [-0.3, -0.25) is 0 Å². The SMILES string of the molecule is CCCNc1ncc(Br)cc1S(=O)(=O)NCCNC(N)=O. The van der Waals surface area contributed by atoms with Gasteiger partial charge in [-0.1, -0.05) is 6.92 Å². The number of urea groups is 1. The van der Waals surface area contributed by atoms with Crippen LogP contribution < -0.4 is 21.1 Å². The summed E-state index contributed by atoms with van der Waals surface area (Å²) in [6, 6.07) is 0.762.